The molecule has 1 N–H and O–H groups in total. The van der Waals surface area contributed by atoms with Crippen LogP contribution >= 0.6 is 57.7 Å². The van der Waals surface area contributed by atoms with Crippen molar-refractivity contribution in [2.24, 2.45) is 0 Å². The topological polar surface area (TPSA) is 42.0 Å². The number of rotatable bonds is 3. The highest BCUT2D eigenvalue weighted by atomic mass is 35.5. The molecular formula is C16H8Cl4N2OS. The van der Waals surface area contributed by atoms with E-state index in [1.165, 1.54) is 23.5 Å². The van der Waals surface area contributed by atoms with Crippen molar-refractivity contribution >= 4 is 68.8 Å². The van der Waals surface area contributed by atoms with Gasteiger partial charge in [0.05, 0.1) is 10.7 Å². The van der Waals surface area contributed by atoms with Gasteiger partial charge < -0.3 is 0 Å². The maximum atomic E-state index is 12.3. The van der Waals surface area contributed by atoms with Gasteiger partial charge in [-0.3, -0.25) is 10.1 Å². The first kappa shape index (κ1) is 17.5. The third-order valence-corrected chi connectivity index (χ3v) is 4.81. The largest absolute Gasteiger partial charge is 0.298 e. The number of nitrogens with zero attached hydrogens (tertiary/aromatic N) is 1. The lowest BCUT2D eigenvalue weighted by Gasteiger charge is -2.04. The fourth-order valence-corrected chi connectivity index (χ4v) is 3.62. The normalized spacial score (nSPS) is 10.7. The van der Waals surface area contributed by atoms with Crippen molar-refractivity contribution in [1.29, 1.82) is 0 Å². The fourth-order valence-electron chi connectivity index (χ4n) is 2.00. The van der Waals surface area contributed by atoms with Crippen LogP contribution in [0, 0.1) is 0 Å². The molecule has 0 saturated carbocycles. The number of hydrogen-bond donors (Lipinski definition) is 1. The summed E-state index contributed by atoms with van der Waals surface area (Å²) in [5.41, 5.74) is 1.68. The average molecular weight is 418 g/mol. The number of nitrogens with one attached hydrogen (secondary N) is 1. The van der Waals surface area contributed by atoms with E-state index >= 15 is 0 Å². The van der Waals surface area contributed by atoms with Gasteiger partial charge in [0.15, 0.2) is 5.13 Å². The average Bonchev–Trinajstić information content (AvgIpc) is 2.97. The summed E-state index contributed by atoms with van der Waals surface area (Å²) in [4.78, 5) is 16.6. The number of benzene rings is 2. The van der Waals surface area contributed by atoms with Gasteiger partial charge >= 0.3 is 0 Å². The van der Waals surface area contributed by atoms with Crippen LogP contribution in [0.2, 0.25) is 20.1 Å². The first-order valence-electron chi connectivity index (χ1n) is 6.61. The number of anilines is 1. The Hall–Kier alpha value is -1.30. The van der Waals surface area contributed by atoms with E-state index in [9.17, 15) is 4.79 Å². The minimum atomic E-state index is -0.350. The lowest BCUT2D eigenvalue weighted by atomic mass is 10.2. The maximum Gasteiger partial charge on any atom is 0.257 e. The van der Waals surface area contributed by atoms with Gasteiger partial charge in [-0.25, -0.2) is 4.98 Å². The second-order valence-corrected chi connectivity index (χ2v) is 7.35. The number of thiazole rings is 1. The number of amides is 1. The van der Waals surface area contributed by atoms with Crippen molar-refractivity contribution in [3.05, 3.63) is 67.4 Å². The molecule has 3 nitrogen and oxygen atoms in total. The quantitative estimate of drug-likeness (QED) is 0.516. The summed E-state index contributed by atoms with van der Waals surface area (Å²) < 4.78 is 0. The van der Waals surface area contributed by atoms with Crippen molar-refractivity contribution in [3.63, 3.8) is 0 Å². The number of carbonyl (C=O) groups excluding carboxylic acids is 1. The van der Waals surface area contributed by atoms with Crippen molar-refractivity contribution in [3.8, 4) is 11.3 Å². The molecule has 0 aliphatic rings. The lowest BCUT2D eigenvalue weighted by Crippen LogP contribution is -2.11. The molecule has 3 rings (SSSR count). The Kier molecular flexibility index (Phi) is 5.33. The molecule has 0 unspecified atom stereocenters. The van der Waals surface area contributed by atoms with Crippen molar-refractivity contribution < 1.29 is 4.79 Å². The minimum Gasteiger partial charge on any atom is -0.298 e. The number of halogens is 4. The number of hydrogen-bond acceptors (Lipinski definition) is 3. The molecule has 0 saturated heterocycles. The van der Waals surface area contributed by atoms with Crippen molar-refractivity contribution in [2.45, 2.75) is 0 Å². The van der Waals surface area contributed by atoms with Crippen LogP contribution in [0.15, 0.2) is 41.8 Å². The lowest BCUT2D eigenvalue weighted by molar-refractivity contribution is 0.102. The molecule has 0 atom stereocenters. The zero-order valence-corrected chi connectivity index (χ0v) is 15.7. The SMILES string of the molecule is O=C(Nc1nc(-c2cc(Cl)ccc2Cl)cs1)c1cc(Cl)cc(Cl)c1. The van der Waals surface area contributed by atoms with Crippen LogP contribution in [-0.2, 0) is 0 Å². The van der Waals surface area contributed by atoms with E-state index in [0.717, 1.165) is 0 Å². The minimum absolute atomic E-state index is 0.350. The smallest absolute Gasteiger partial charge is 0.257 e. The zero-order valence-electron chi connectivity index (χ0n) is 11.8. The summed E-state index contributed by atoms with van der Waals surface area (Å²) in [7, 11) is 0. The Morgan fingerprint density at radius 3 is 2.38 bits per heavy atom. The molecule has 0 aliphatic heterocycles. The third-order valence-electron chi connectivity index (χ3n) is 3.05. The van der Waals surface area contributed by atoms with E-state index in [-0.39, 0.29) is 5.91 Å². The molecule has 24 heavy (non-hydrogen) atoms. The van der Waals surface area contributed by atoms with E-state index in [4.69, 9.17) is 46.4 Å². The van der Waals surface area contributed by atoms with Gasteiger partial charge in [-0.05, 0) is 36.4 Å². The highest BCUT2D eigenvalue weighted by Crippen LogP contribution is 2.32. The molecule has 3 aromatic rings. The van der Waals surface area contributed by atoms with Gasteiger partial charge in [0.1, 0.15) is 0 Å². The van der Waals surface area contributed by atoms with Gasteiger partial charge in [-0.2, -0.15) is 0 Å². The van der Waals surface area contributed by atoms with Crippen LogP contribution < -0.4 is 5.32 Å². The Morgan fingerprint density at radius 1 is 0.958 bits per heavy atom. The first-order chi connectivity index (χ1) is 11.4. The zero-order chi connectivity index (χ0) is 17.3. The van der Waals surface area contributed by atoms with E-state index in [2.05, 4.69) is 10.3 Å². The second kappa shape index (κ2) is 7.30. The highest BCUT2D eigenvalue weighted by Gasteiger charge is 2.13. The third kappa shape index (κ3) is 4.02. The molecule has 1 amide bonds. The summed E-state index contributed by atoms with van der Waals surface area (Å²) in [6.07, 6.45) is 0. The monoisotopic (exact) mass is 416 g/mol. The predicted octanol–water partition coefficient (Wildman–Crippen LogP) is 6.68. The molecular weight excluding hydrogens is 410 g/mol. The summed E-state index contributed by atoms with van der Waals surface area (Å²) in [5.74, 6) is -0.350. The molecule has 2 aromatic carbocycles. The Labute approximate surface area is 162 Å². The molecule has 0 aliphatic carbocycles. The fraction of sp³-hybridized carbons (Fsp3) is 0. The molecule has 0 spiro atoms. The Morgan fingerprint density at radius 2 is 1.67 bits per heavy atom. The van der Waals surface area contributed by atoms with E-state index in [1.807, 2.05) is 0 Å². The molecule has 0 radical (unpaired) electrons. The summed E-state index contributed by atoms with van der Waals surface area (Å²) in [5, 5.41) is 6.80. The standard InChI is InChI=1S/C16H8Cl4N2OS/c17-9-1-2-13(20)12(6-9)14-7-24-16(21-14)22-15(23)8-3-10(18)5-11(19)4-8/h1-7H,(H,21,22,23). The number of carbonyl (C=O) groups is 1. The van der Waals surface area contributed by atoms with Gasteiger partial charge in [-0.15, -0.1) is 11.3 Å². The van der Waals surface area contributed by atoms with Gasteiger partial charge in [0.2, 0.25) is 0 Å². The maximum absolute atomic E-state index is 12.3. The van der Waals surface area contributed by atoms with Crippen LogP contribution in [0.25, 0.3) is 11.3 Å². The van der Waals surface area contributed by atoms with Crippen LogP contribution in [0.1, 0.15) is 10.4 Å². The van der Waals surface area contributed by atoms with Gasteiger partial charge in [0.25, 0.3) is 5.91 Å². The molecule has 0 fully saturated rings. The highest BCUT2D eigenvalue weighted by molar-refractivity contribution is 7.14. The van der Waals surface area contributed by atoms with E-state index < -0.39 is 0 Å². The van der Waals surface area contributed by atoms with E-state index in [1.54, 1.807) is 29.6 Å². The predicted molar refractivity (Wildman–Crippen MR) is 102 cm³/mol. The summed E-state index contributed by atoms with van der Waals surface area (Å²) in [6, 6.07) is 9.75. The van der Waals surface area contributed by atoms with Gasteiger partial charge in [-0.1, -0.05) is 46.4 Å². The number of aromatic nitrogens is 1. The molecule has 1 aromatic heterocycles. The van der Waals surface area contributed by atoms with Gasteiger partial charge in [0, 0.05) is 31.6 Å². The summed E-state index contributed by atoms with van der Waals surface area (Å²) in [6.45, 7) is 0. The Bertz CT molecular complexity index is 906. The molecule has 122 valence electrons. The summed E-state index contributed by atoms with van der Waals surface area (Å²) >= 11 is 25.3. The van der Waals surface area contributed by atoms with Crippen LogP contribution in [0.5, 0.6) is 0 Å². The Balaban J connectivity index is 1.83. The van der Waals surface area contributed by atoms with Crippen molar-refractivity contribution in [2.75, 3.05) is 5.32 Å². The molecule has 0 bridgehead atoms. The molecule has 1 heterocycles. The first-order valence-corrected chi connectivity index (χ1v) is 9.00. The molecule has 8 heteroatoms. The van der Waals surface area contributed by atoms with Crippen LogP contribution in [0.4, 0.5) is 5.13 Å². The van der Waals surface area contributed by atoms with Crippen molar-refractivity contribution in [1.82, 2.24) is 4.98 Å². The van der Waals surface area contributed by atoms with Crippen LogP contribution in [-0.4, -0.2) is 10.9 Å². The van der Waals surface area contributed by atoms with E-state index in [0.29, 0.717) is 42.0 Å². The second-order valence-electron chi connectivity index (χ2n) is 4.77. The van der Waals surface area contributed by atoms with Crippen LogP contribution in [0.3, 0.4) is 0 Å².